The Labute approximate surface area is 166 Å². The van der Waals surface area contributed by atoms with Crippen LogP contribution in [0.1, 0.15) is 86.0 Å². The summed E-state index contributed by atoms with van der Waals surface area (Å²) in [5.74, 6) is 2.48. The summed E-state index contributed by atoms with van der Waals surface area (Å²) in [5, 5.41) is 9.36. The number of nitrogens with two attached hydrogens (primary N) is 1. The van der Waals surface area contributed by atoms with E-state index >= 15 is 0 Å². The Kier molecular flexibility index (Phi) is 10.3. The molecule has 0 saturated heterocycles. The van der Waals surface area contributed by atoms with Gasteiger partial charge in [0, 0.05) is 6.21 Å². The fraction of sp³-hybridized carbons (Fsp3) is 0.826. The lowest BCUT2D eigenvalue weighted by molar-refractivity contribution is -0.142. The van der Waals surface area contributed by atoms with E-state index < -0.39 is 11.4 Å². The van der Waals surface area contributed by atoms with Gasteiger partial charge in [-0.2, -0.15) is 0 Å². The molecule has 0 amide bonds. The summed E-state index contributed by atoms with van der Waals surface area (Å²) >= 11 is 0. The molecule has 2 aliphatic carbocycles. The number of rotatable bonds is 8. The standard InChI is InChI=1S/C12H20N2O2.C11H22/c1-3-10(14-4-2)12(11(15)16)8-9(12)6-5-7-13;1-4-10(3)11-7-5-9(2)6-8-11/h3-4,9H,5-8,13H2,1-2H3,(H,15,16);9-11H,4-8H2,1-3H3/b10-3-,14-4?;. The molecule has 3 N–H and O–H groups in total. The molecule has 4 heteroatoms. The second-order valence-electron chi connectivity index (χ2n) is 8.58. The number of hydrogen-bond acceptors (Lipinski definition) is 3. The number of nitrogens with zero attached hydrogens (tertiary/aromatic N) is 1. The third-order valence-corrected chi connectivity index (χ3v) is 6.75. The number of aliphatic carboxylic acids is 1. The molecule has 2 saturated carbocycles. The molecule has 0 bridgehead atoms. The first-order valence-corrected chi connectivity index (χ1v) is 11.0. The lowest BCUT2D eigenvalue weighted by Gasteiger charge is -2.30. The summed E-state index contributed by atoms with van der Waals surface area (Å²) in [6.07, 6.45) is 13.2. The Bertz CT molecular complexity index is 507. The first-order chi connectivity index (χ1) is 12.9. The molecule has 4 nitrogen and oxygen atoms in total. The molecule has 0 aromatic carbocycles. The SMILES string of the molecule is CC=N/C(=C\C)C1(C(=O)O)CC1CCCN.CCC(C)C1CCC(C)CC1. The van der Waals surface area contributed by atoms with E-state index in [4.69, 9.17) is 5.73 Å². The van der Waals surface area contributed by atoms with Crippen LogP contribution in [0, 0.1) is 29.1 Å². The summed E-state index contributed by atoms with van der Waals surface area (Å²) in [4.78, 5) is 15.6. The minimum absolute atomic E-state index is 0.198. The average Bonchev–Trinajstić information content (AvgIpc) is 3.40. The van der Waals surface area contributed by atoms with Crippen LogP contribution in [0.25, 0.3) is 0 Å². The third kappa shape index (κ3) is 6.44. The van der Waals surface area contributed by atoms with Crippen LogP contribution in [0.15, 0.2) is 16.8 Å². The van der Waals surface area contributed by atoms with Gasteiger partial charge in [0.15, 0.2) is 0 Å². The first kappa shape index (κ1) is 23.9. The van der Waals surface area contributed by atoms with Gasteiger partial charge in [-0.15, -0.1) is 0 Å². The van der Waals surface area contributed by atoms with Crippen LogP contribution in [0.2, 0.25) is 0 Å². The largest absolute Gasteiger partial charge is 0.481 e. The number of carboxylic acids is 1. The molecule has 2 fully saturated rings. The summed E-state index contributed by atoms with van der Waals surface area (Å²) in [6.45, 7) is 11.4. The van der Waals surface area contributed by atoms with Crippen molar-refractivity contribution in [3.05, 3.63) is 11.8 Å². The Morgan fingerprint density at radius 3 is 2.37 bits per heavy atom. The van der Waals surface area contributed by atoms with Crippen LogP contribution < -0.4 is 5.73 Å². The van der Waals surface area contributed by atoms with Crippen LogP contribution >= 0.6 is 0 Å². The lowest BCUT2D eigenvalue weighted by atomic mass is 9.76. The van der Waals surface area contributed by atoms with Crippen LogP contribution in [0.3, 0.4) is 0 Å². The smallest absolute Gasteiger partial charge is 0.316 e. The molecule has 3 atom stereocenters. The first-order valence-electron chi connectivity index (χ1n) is 11.0. The van der Waals surface area contributed by atoms with E-state index in [0.29, 0.717) is 18.7 Å². The quantitative estimate of drug-likeness (QED) is 0.534. The molecule has 156 valence electrons. The molecule has 0 radical (unpaired) electrons. The van der Waals surface area contributed by atoms with Crippen molar-refractivity contribution in [2.24, 2.45) is 39.8 Å². The van der Waals surface area contributed by atoms with Gasteiger partial charge in [0.1, 0.15) is 5.41 Å². The van der Waals surface area contributed by atoms with E-state index in [1.54, 1.807) is 19.2 Å². The molecule has 0 aliphatic heterocycles. The van der Waals surface area contributed by atoms with E-state index in [9.17, 15) is 9.90 Å². The predicted octanol–water partition coefficient (Wildman–Crippen LogP) is 5.67. The lowest BCUT2D eigenvalue weighted by Crippen LogP contribution is -2.20. The molecule has 3 unspecified atom stereocenters. The van der Waals surface area contributed by atoms with Crippen molar-refractivity contribution in [1.82, 2.24) is 0 Å². The maximum atomic E-state index is 11.4. The van der Waals surface area contributed by atoms with Crippen molar-refractivity contribution in [3.8, 4) is 0 Å². The van der Waals surface area contributed by atoms with Gasteiger partial charge < -0.3 is 10.8 Å². The number of carbonyl (C=O) groups is 1. The highest BCUT2D eigenvalue weighted by Gasteiger charge is 2.62. The van der Waals surface area contributed by atoms with Gasteiger partial charge in [0.25, 0.3) is 0 Å². The number of hydrogen-bond donors (Lipinski definition) is 2. The predicted molar refractivity (Wildman–Crippen MR) is 115 cm³/mol. The number of allylic oxidation sites excluding steroid dienone is 1. The third-order valence-electron chi connectivity index (χ3n) is 6.75. The Balaban J connectivity index is 0.000000289. The van der Waals surface area contributed by atoms with E-state index in [1.807, 2.05) is 6.92 Å². The number of aliphatic imine (C=N–C) groups is 1. The second-order valence-corrected chi connectivity index (χ2v) is 8.58. The number of carboxylic acid groups (broad SMARTS) is 1. The van der Waals surface area contributed by atoms with Gasteiger partial charge in [0.05, 0.1) is 5.70 Å². The fourth-order valence-electron chi connectivity index (χ4n) is 4.50. The Hall–Kier alpha value is -1.16. The maximum Gasteiger partial charge on any atom is 0.316 e. The van der Waals surface area contributed by atoms with Crippen molar-refractivity contribution in [2.75, 3.05) is 6.54 Å². The second kappa shape index (κ2) is 11.6. The van der Waals surface area contributed by atoms with Crippen molar-refractivity contribution < 1.29 is 9.90 Å². The van der Waals surface area contributed by atoms with Crippen LogP contribution in [0.4, 0.5) is 0 Å². The minimum Gasteiger partial charge on any atom is -0.481 e. The van der Waals surface area contributed by atoms with E-state index in [1.165, 1.54) is 32.1 Å². The molecule has 2 rings (SSSR count). The maximum absolute atomic E-state index is 11.4. The van der Waals surface area contributed by atoms with Gasteiger partial charge in [0.2, 0.25) is 0 Å². The summed E-state index contributed by atoms with van der Waals surface area (Å²) < 4.78 is 0. The van der Waals surface area contributed by atoms with Crippen molar-refractivity contribution in [2.45, 2.75) is 86.0 Å². The molecular formula is C23H42N2O2. The zero-order valence-corrected chi connectivity index (χ0v) is 18.2. The van der Waals surface area contributed by atoms with Gasteiger partial charge >= 0.3 is 5.97 Å². The van der Waals surface area contributed by atoms with Crippen molar-refractivity contribution in [3.63, 3.8) is 0 Å². The molecule has 0 aromatic rings. The van der Waals surface area contributed by atoms with Crippen molar-refractivity contribution in [1.29, 1.82) is 0 Å². The van der Waals surface area contributed by atoms with Gasteiger partial charge in [-0.3, -0.25) is 9.79 Å². The van der Waals surface area contributed by atoms with Crippen LogP contribution in [0.5, 0.6) is 0 Å². The summed E-state index contributed by atoms with van der Waals surface area (Å²) in [5.41, 5.74) is 5.39. The Morgan fingerprint density at radius 1 is 1.30 bits per heavy atom. The van der Waals surface area contributed by atoms with Gasteiger partial charge in [-0.1, -0.05) is 46.1 Å². The fourth-order valence-corrected chi connectivity index (χ4v) is 4.50. The van der Waals surface area contributed by atoms with Gasteiger partial charge in [-0.25, -0.2) is 0 Å². The highest BCUT2D eigenvalue weighted by Crippen LogP contribution is 2.60. The molecule has 0 heterocycles. The van der Waals surface area contributed by atoms with E-state index in [0.717, 1.165) is 30.6 Å². The van der Waals surface area contributed by atoms with E-state index in [-0.39, 0.29) is 5.92 Å². The van der Waals surface area contributed by atoms with E-state index in [2.05, 4.69) is 25.8 Å². The zero-order valence-electron chi connectivity index (χ0n) is 18.2. The normalized spacial score (nSPS) is 31.9. The summed E-state index contributed by atoms with van der Waals surface area (Å²) in [6, 6.07) is 0. The topological polar surface area (TPSA) is 75.7 Å². The average molecular weight is 379 g/mol. The molecule has 27 heavy (non-hydrogen) atoms. The Morgan fingerprint density at radius 2 is 1.93 bits per heavy atom. The molecule has 0 aromatic heterocycles. The molecule has 0 spiro atoms. The molecule has 2 aliphatic rings. The monoisotopic (exact) mass is 378 g/mol. The summed E-state index contributed by atoms with van der Waals surface area (Å²) in [7, 11) is 0. The van der Waals surface area contributed by atoms with Crippen LogP contribution in [-0.4, -0.2) is 23.8 Å². The highest BCUT2D eigenvalue weighted by atomic mass is 16.4. The van der Waals surface area contributed by atoms with Gasteiger partial charge in [-0.05, 0) is 76.2 Å². The van der Waals surface area contributed by atoms with Crippen molar-refractivity contribution >= 4 is 12.2 Å². The van der Waals surface area contributed by atoms with Crippen LogP contribution in [-0.2, 0) is 4.79 Å². The zero-order chi connectivity index (χ0) is 20.4. The minimum atomic E-state index is -0.756. The molecular weight excluding hydrogens is 336 g/mol. The highest BCUT2D eigenvalue weighted by molar-refractivity contribution is 5.83.